The van der Waals surface area contributed by atoms with Crippen LogP contribution in [0, 0.1) is 5.92 Å². The largest absolute Gasteiger partial charge is 0.309 e. The fourth-order valence-corrected chi connectivity index (χ4v) is 11.5. The number of nitrogens with zero attached hydrogens (tertiary/aromatic N) is 4. The Morgan fingerprint density at radius 2 is 1.18 bits per heavy atom. The molecule has 1 saturated carbocycles. The number of hydrogen-bond donors (Lipinski definition) is 0. The summed E-state index contributed by atoms with van der Waals surface area (Å²) >= 11 is 0. The maximum absolute atomic E-state index is 4.59. The van der Waals surface area contributed by atoms with Gasteiger partial charge in [-0.2, -0.15) is 9.13 Å². The van der Waals surface area contributed by atoms with Crippen LogP contribution in [-0.2, 0) is 12.0 Å². The second kappa shape index (κ2) is 11.3. The highest BCUT2D eigenvalue weighted by Gasteiger charge is 2.75. The molecule has 1 spiro atoms. The lowest BCUT2D eigenvalue weighted by molar-refractivity contribution is -0.836. The molecule has 0 N–H and O–H groups in total. The Morgan fingerprint density at radius 1 is 0.544 bits per heavy atom. The topological polar surface area (TPSA) is 17.6 Å². The number of aromatic nitrogens is 4. The first-order chi connectivity index (χ1) is 28.2. The average molecular weight is 731 g/mol. The molecule has 1 aliphatic carbocycles. The summed E-state index contributed by atoms with van der Waals surface area (Å²) in [6.07, 6.45) is 8.01. The number of pyridine rings is 2. The van der Waals surface area contributed by atoms with E-state index in [1.165, 1.54) is 77.3 Å². The van der Waals surface area contributed by atoms with Crippen LogP contribution in [0.2, 0.25) is 0 Å². The van der Waals surface area contributed by atoms with Crippen molar-refractivity contribution in [2.75, 3.05) is 0 Å². The first-order valence-corrected chi connectivity index (χ1v) is 20.1. The zero-order valence-electron chi connectivity index (χ0n) is 31.3. The lowest BCUT2D eigenvalue weighted by Gasteiger charge is -2.56. The minimum absolute atomic E-state index is 0.200. The molecule has 4 aromatic heterocycles. The second-order valence-corrected chi connectivity index (χ2v) is 16.2. The summed E-state index contributed by atoms with van der Waals surface area (Å²) in [6, 6.07) is 63.2. The van der Waals surface area contributed by atoms with Crippen molar-refractivity contribution < 1.29 is 9.13 Å². The number of para-hydroxylation sites is 3. The van der Waals surface area contributed by atoms with Gasteiger partial charge in [-0.15, -0.1) is 6.58 Å². The predicted molar refractivity (Wildman–Crippen MR) is 230 cm³/mol. The molecule has 4 heteroatoms. The molecule has 4 atom stereocenters. The third-order valence-corrected chi connectivity index (χ3v) is 13.7. The summed E-state index contributed by atoms with van der Waals surface area (Å²) in [4.78, 5) is 0. The Morgan fingerprint density at radius 3 is 1.96 bits per heavy atom. The molecule has 1 fully saturated rings. The summed E-state index contributed by atoms with van der Waals surface area (Å²) in [5.41, 5.74) is 14.9. The molecule has 13 rings (SSSR count). The quantitative estimate of drug-likeness (QED) is 0.127. The van der Waals surface area contributed by atoms with Crippen molar-refractivity contribution in [2.24, 2.45) is 5.92 Å². The third kappa shape index (κ3) is 3.92. The molecule has 4 nitrogen and oxygen atoms in total. The highest BCUT2D eigenvalue weighted by atomic mass is 15.2. The van der Waals surface area contributed by atoms with Gasteiger partial charge in [0.2, 0.25) is 11.4 Å². The van der Waals surface area contributed by atoms with Crippen LogP contribution >= 0.6 is 0 Å². The zero-order chi connectivity index (χ0) is 37.4. The summed E-state index contributed by atoms with van der Waals surface area (Å²) in [5.74, 6) is 0.450. The molecule has 6 aromatic carbocycles. The smallest absolute Gasteiger partial charge is 0.214 e. The van der Waals surface area contributed by atoms with E-state index in [1.807, 2.05) is 0 Å². The van der Waals surface area contributed by atoms with E-state index in [4.69, 9.17) is 0 Å². The first kappa shape index (κ1) is 31.2. The number of rotatable bonds is 3. The van der Waals surface area contributed by atoms with E-state index in [2.05, 4.69) is 213 Å². The van der Waals surface area contributed by atoms with E-state index in [0.717, 1.165) is 17.8 Å². The summed E-state index contributed by atoms with van der Waals surface area (Å²) in [7, 11) is 0. The number of allylic oxidation sites excluding steroid dienone is 1. The Hall–Kier alpha value is -7.04. The van der Waals surface area contributed by atoms with Crippen molar-refractivity contribution in [1.29, 1.82) is 0 Å². The Balaban J connectivity index is 1.16. The molecule has 57 heavy (non-hydrogen) atoms. The van der Waals surface area contributed by atoms with Gasteiger partial charge in [0, 0.05) is 63.1 Å². The van der Waals surface area contributed by atoms with Crippen molar-refractivity contribution in [3.05, 3.63) is 206 Å². The highest BCUT2D eigenvalue weighted by Crippen LogP contribution is 2.64. The van der Waals surface area contributed by atoms with E-state index >= 15 is 0 Å². The molecule has 0 radical (unpaired) electrons. The number of hydrogen-bond acceptors (Lipinski definition) is 0. The SMILES string of the molecule is C=CC1C2C(c3ccccc3-c3cccc[n+]32)C12Cc1ccccc1-c1cc3c4cc5c6ccccc6n(-c6ccccc6)c5cc4n(-c4ccccc4)c3c[n+]12. The molecule has 3 aliphatic rings. The third-order valence-electron chi connectivity index (χ3n) is 13.7. The summed E-state index contributed by atoms with van der Waals surface area (Å²) in [6.45, 7) is 4.59. The Labute approximate surface area is 330 Å². The van der Waals surface area contributed by atoms with E-state index in [9.17, 15) is 0 Å². The van der Waals surface area contributed by atoms with Crippen LogP contribution in [0.4, 0.5) is 0 Å². The monoisotopic (exact) mass is 730 g/mol. The summed E-state index contributed by atoms with van der Waals surface area (Å²) in [5, 5.41) is 5.05. The van der Waals surface area contributed by atoms with Crippen LogP contribution in [0.3, 0.4) is 0 Å². The number of benzene rings is 6. The minimum atomic E-state index is -0.260. The van der Waals surface area contributed by atoms with Gasteiger partial charge in [0.25, 0.3) is 0 Å². The van der Waals surface area contributed by atoms with Gasteiger partial charge < -0.3 is 9.13 Å². The van der Waals surface area contributed by atoms with Crippen molar-refractivity contribution in [3.8, 4) is 33.9 Å². The standard InChI is InChI=1S/C53H38N4/c1-2-44-52-51(40-25-12-11-23-38(40)45-26-15-16-28-54(45)52)53(44)32-34-17-9-10-22-37(34)47-30-43-42-29-41-39-24-13-14-27-46(39)56(35-18-5-3-6-19-35)48(41)31-49(42)57(50(43)33-55(47)53)36-20-7-4-8-21-36/h2-31,33,44,51-52H,1,32H2/q+2. The molecule has 6 heterocycles. The van der Waals surface area contributed by atoms with Crippen LogP contribution in [0.15, 0.2) is 195 Å². The maximum Gasteiger partial charge on any atom is 0.214 e. The van der Waals surface area contributed by atoms with E-state index in [1.54, 1.807) is 0 Å². The van der Waals surface area contributed by atoms with Crippen LogP contribution in [0.25, 0.3) is 77.5 Å². The molecule has 2 aliphatic heterocycles. The van der Waals surface area contributed by atoms with Gasteiger partial charge in [-0.05, 0) is 71.8 Å². The highest BCUT2D eigenvalue weighted by molar-refractivity contribution is 6.19. The van der Waals surface area contributed by atoms with Crippen LogP contribution in [-0.4, -0.2) is 9.13 Å². The summed E-state index contributed by atoms with van der Waals surface area (Å²) < 4.78 is 10.2. The van der Waals surface area contributed by atoms with Gasteiger partial charge in [0.15, 0.2) is 24.0 Å². The lowest BCUT2D eigenvalue weighted by atomic mass is 9.48. The molecule has 0 bridgehead atoms. The molecule has 268 valence electrons. The first-order valence-electron chi connectivity index (χ1n) is 20.1. The van der Waals surface area contributed by atoms with E-state index in [-0.39, 0.29) is 23.4 Å². The molecule has 0 amide bonds. The van der Waals surface area contributed by atoms with Crippen LogP contribution in [0.1, 0.15) is 23.1 Å². The van der Waals surface area contributed by atoms with Gasteiger partial charge in [0.1, 0.15) is 17.4 Å². The molecule has 4 unspecified atom stereocenters. The van der Waals surface area contributed by atoms with Gasteiger partial charge in [0.05, 0.1) is 22.1 Å². The lowest BCUT2D eigenvalue weighted by Crippen LogP contribution is -2.80. The van der Waals surface area contributed by atoms with Gasteiger partial charge in [-0.1, -0.05) is 97.1 Å². The van der Waals surface area contributed by atoms with Gasteiger partial charge in [-0.25, -0.2) is 0 Å². The van der Waals surface area contributed by atoms with E-state index in [0.29, 0.717) is 0 Å². The van der Waals surface area contributed by atoms with Crippen molar-refractivity contribution in [1.82, 2.24) is 9.13 Å². The average Bonchev–Trinajstić information content (AvgIpc) is 3.76. The van der Waals surface area contributed by atoms with Crippen molar-refractivity contribution in [3.63, 3.8) is 0 Å². The fraction of sp³-hybridized carbons (Fsp3) is 0.0943. The predicted octanol–water partition coefficient (Wildman–Crippen LogP) is 11.2. The Kier molecular flexibility index (Phi) is 6.17. The number of fused-ring (bicyclic) bond motifs is 17. The Bertz CT molecular complexity index is 3320. The molecule has 10 aromatic rings. The molecular formula is C53H38N4+2. The van der Waals surface area contributed by atoms with E-state index < -0.39 is 0 Å². The van der Waals surface area contributed by atoms with Gasteiger partial charge in [-0.3, -0.25) is 0 Å². The van der Waals surface area contributed by atoms with Gasteiger partial charge >= 0.3 is 0 Å². The van der Waals surface area contributed by atoms with Crippen molar-refractivity contribution >= 4 is 43.6 Å². The van der Waals surface area contributed by atoms with Crippen LogP contribution < -0.4 is 9.13 Å². The van der Waals surface area contributed by atoms with Crippen molar-refractivity contribution in [2.45, 2.75) is 23.9 Å². The maximum atomic E-state index is 4.59. The second-order valence-electron chi connectivity index (χ2n) is 16.2. The fourth-order valence-electron chi connectivity index (χ4n) is 11.5. The zero-order valence-corrected chi connectivity index (χ0v) is 31.3. The molecule has 0 saturated heterocycles. The van der Waals surface area contributed by atoms with Crippen LogP contribution in [0.5, 0.6) is 0 Å². The normalized spacial score (nSPS) is 20.2. The minimum Gasteiger partial charge on any atom is -0.309 e. The molecular weight excluding hydrogens is 693 g/mol.